The lowest BCUT2D eigenvalue weighted by molar-refractivity contribution is 0.0104. The molecule has 0 aromatic heterocycles. The molecule has 120 valence electrons. The Morgan fingerprint density at radius 2 is 1.70 bits per heavy atom. The Bertz CT molecular complexity index is 634. The van der Waals surface area contributed by atoms with Crippen LogP contribution in [0.1, 0.15) is 28.8 Å². The normalized spacial score (nSPS) is 16.2. The molecule has 0 unspecified atom stereocenters. The smallest absolute Gasteiger partial charge is 0.338 e. The van der Waals surface area contributed by atoms with E-state index in [1.165, 1.54) is 5.56 Å². The van der Waals surface area contributed by atoms with Crippen LogP contribution in [0.3, 0.4) is 0 Å². The molecular weight excluding hydrogens is 354 g/mol. The number of ether oxygens (including phenoxy) is 1. The van der Waals surface area contributed by atoms with Gasteiger partial charge in [0.1, 0.15) is 6.10 Å². The van der Waals surface area contributed by atoms with Crippen molar-refractivity contribution in [2.45, 2.75) is 25.5 Å². The Labute approximate surface area is 145 Å². The maximum atomic E-state index is 12.1. The Morgan fingerprint density at radius 3 is 2.35 bits per heavy atom. The Hall–Kier alpha value is -1.65. The fraction of sp³-hybridized carbons (Fsp3) is 0.316. The first-order chi connectivity index (χ1) is 11.2. The van der Waals surface area contributed by atoms with Crippen LogP contribution in [0.15, 0.2) is 59.1 Å². The van der Waals surface area contributed by atoms with Gasteiger partial charge < -0.3 is 4.74 Å². The topological polar surface area (TPSA) is 29.5 Å². The van der Waals surface area contributed by atoms with Crippen LogP contribution in [0, 0.1) is 0 Å². The maximum Gasteiger partial charge on any atom is 0.338 e. The zero-order valence-corrected chi connectivity index (χ0v) is 14.5. The van der Waals surface area contributed by atoms with Crippen LogP contribution < -0.4 is 0 Å². The highest BCUT2D eigenvalue weighted by atomic mass is 79.9. The van der Waals surface area contributed by atoms with Gasteiger partial charge in [0.15, 0.2) is 0 Å². The molecule has 0 amide bonds. The molecule has 4 heteroatoms. The van der Waals surface area contributed by atoms with Crippen molar-refractivity contribution < 1.29 is 9.53 Å². The number of halogens is 1. The van der Waals surface area contributed by atoms with Crippen molar-refractivity contribution in [1.82, 2.24) is 4.90 Å². The van der Waals surface area contributed by atoms with Gasteiger partial charge in [-0.2, -0.15) is 0 Å². The summed E-state index contributed by atoms with van der Waals surface area (Å²) < 4.78 is 6.72. The third-order valence-corrected chi connectivity index (χ3v) is 4.67. The summed E-state index contributed by atoms with van der Waals surface area (Å²) in [5, 5.41) is 0. The summed E-state index contributed by atoms with van der Waals surface area (Å²) in [5.41, 5.74) is 1.94. The lowest BCUT2D eigenvalue weighted by Crippen LogP contribution is -2.37. The molecule has 1 heterocycles. The fourth-order valence-corrected chi connectivity index (χ4v) is 3.09. The molecule has 23 heavy (non-hydrogen) atoms. The quantitative estimate of drug-likeness (QED) is 0.749. The lowest BCUT2D eigenvalue weighted by Gasteiger charge is -2.31. The molecule has 1 saturated heterocycles. The molecule has 0 atom stereocenters. The largest absolute Gasteiger partial charge is 0.459 e. The van der Waals surface area contributed by atoms with Crippen LogP contribution >= 0.6 is 15.9 Å². The number of rotatable bonds is 4. The second kappa shape index (κ2) is 7.75. The van der Waals surface area contributed by atoms with E-state index < -0.39 is 0 Å². The molecule has 0 spiro atoms. The van der Waals surface area contributed by atoms with E-state index in [0.717, 1.165) is 36.9 Å². The molecule has 1 aliphatic heterocycles. The molecule has 1 aliphatic rings. The summed E-state index contributed by atoms with van der Waals surface area (Å²) >= 11 is 3.46. The van der Waals surface area contributed by atoms with Crippen LogP contribution in [0.2, 0.25) is 0 Å². The molecule has 0 N–H and O–H groups in total. The number of hydrogen-bond acceptors (Lipinski definition) is 3. The molecule has 2 aromatic carbocycles. The van der Waals surface area contributed by atoms with Crippen LogP contribution in [-0.4, -0.2) is 30.1 Å². The Kier molecular flexibility index (Phi) is 5.47. The number of nitrogens with zero attached hydrogens (tertiary/aromatic N) is 1. The summed E-state index contributed by atoms with van der Waals surface area (Å²) in [4.78, 5) is 14.5. The first-order valence-corrected chi connectivity index (χ1v) is 8.73. The third kappa shape index (κ3) is 4.66. The van der Waals surface area contributed by atoms with Gasteiger partial charge in [-0.3, -0.25) is 4.90 Å². The molecular formula is C19H20BrNO2. The first-order valence-electron chi connectivity index (χ1n) is 7.93. The number of hydrogen-bond donors (Lipinski definition) is 0. The highest BCUT2D eigenvalue weighted by molar-refractivity contribution is 9.10. The summed E-state index contributed by atoms with van der Waals surface area (Å²) in [5.74, 6) is -0.211. The number of carbonyl (C=O) groups excluding carboxylic acids is 1. The van der Waals surface area contributed by atoms with Crippen molar-refractivity contribution in [3.63, 3.8) is 0 Å². The van der Waals surface area contributed by atoms with Crippen LogP contribution in [0.5, 0.6) is 0 Å². The minimum absolute atomic E-state index is 0.0314. The second-order valence-corrected chi connectivity index (χ2v) is 6.79. The average molecular weight is 374 g/mol. The predicted octanol–water partition coefficient (Wildman–Crippen LogP) is 4.27. The number of carbonyl (C=O) groups is 1. The van der Waals surface area contributed by atoms with Gasteiger partial charge in [0.05, 0.1) is 5.56 Å². The van der Waals surface area contributed by atoms with E-state index in [4.69, 9.17) is 4.74 Å². The van der Waals surface area contributed by atoms with Crippen molar-refractivity contribution in [2.24, 2.45) is 0 Å². The van der Waals surface area contributed by atoms with Crippen molar-refractivity contribution in [3.8, 4) is 0 Å². The minimum atomic E-state index is -0.211. The molecule has 0 radical (unpaired) electrons. The number of piperidine rings is 1. The van der Waals surface area contributed by atoms with E-state index in [2.05, 4.69) is 45.1 Å². The number of esters is 1. The average Bonchev–Trinajstić information content (AvgIpc) is 2.59. The van der Waals surface area contributed by atoms with Crippen LogP contribution in [-0.2, 0) is 11.3 Å². The van der Waals surface area contributed by atoms with E-state index >= 15 is 0 Å². The van der Waals surface area contributed by atoms with Crippen molar-refractivity contribution >= 4 is 21.9 Å². The van der Waals surface area contributed by atoms with Gasteiger partial charge in [-0.05, 0) is 42.7 Å². The van der Waals surface area contributed by atoms with E-state index in [9.17, 15) is 4.79 Å². The van der Waals surface area contributed by atoms with Gasteiger partial charge in [-0.15, -0.1) is 0 Å². The predicted molar refractivity (Wildman–Crippen MR) is 94.3 cm³/mol. The van der Waals surface area contributed by atoms with E-state index in [0.29, 0.717) is 5.56 Å². The van der Waals surface area contributed by atoms with Gasteiger partial charge in [0.2, 0.25) is 0 Å². The molecule has 1 fully saturated rings. The highest BCUT2D eigenvalue weighted by Gasteiger charge is 2.22. The monoisotopic (exact) mass is 373 g/mol. The summed E-state index contributed by atoms with van der Waals surface area (Å²) in [7, 11) is 0. The molecule has 3 rings (SSSR count). The van der Waals surface area contributed by atoms with E-state index in [1.807, 2.05) is 18.2 Å². The van der Waals surface area contributed by atoms with E-state index in [1.54, 1.807) is 12.1 Å². The van der Waals surface area contributed by atoms with Crippen molar-refractivity contribution in [2.75, 3.05) is 13.1 Å². The molecule has 0 saturated carbocycles. The molecule has 2 aromatic rings. The minimum Gasteiger partial charge on any atom is -0.459 e. The zero-order valence-electron chi connectivity index (χ0n) is 13.0. The Balaban J connectivity index is 1.47. The number of likely N-dealkylation sites (tertiary alicyclic amines) is 1. The summed E-state index contributed by atoms with van der Waals surface area (Å²) in [6, 6.07) is 17.6. The van der Waals surface area contributed by atoms with Gasteiger partial charge in [0, 0.05) is 24.1 Å². The molecule has 3 nitrogen and oxygen atoms in total. The zero-order chi connectivity index (χ0) is 16.1. The molecule has 0 aliphatic carbocycles. The van der Waals surface area contributed by atoms with Crippen LogP contribution in [0.25, 0.3) is 0 Å². The SMILES string of the molecule is O=C(OC1CCN(Cc2ccc(Br)cc2)CC1)c1ccccc1. The van der Waals surface area contributed by atoms with Crippen LogP contribution in [0.4, 0.5) is 0 Å². The number of benzene rings is 2. The van der Waals surface area contributed by atoms with Gasteiger partial charge >= 0.3 is 5.97 Å². The maximum absolute atomic E-state index is 12.1. The summed E-state index contributed by atoms with van der Waals surface area (Å²) in [6.07, 6.45) is 1.83. The third-order valence-electron chi connectivity index (χ3n) is 4.14. The van der Waals surface area contributed by atoms with Gasteiger partial charge in [-0.25, -0.2) is 4.79 Å². The lowest BCUT2D eigenvalue weighted by atomic mass is 10.1. The van der Waals surface area contributed by atoms with Crippen molar-refractivity contribution in [1.29, 1.82) is 0 Å². The van der Waals surface area contributed by atoms with Gasteiger partial charge in [-0.1, -0.05) is 46.3 Å². The second-order valence-electron chi connectivity index (χ2n) is 5.87. The van der Waals surface area contributed by atoms with E-state index in [-0.39, 0.29) is 12.1 Å². The summed E-state index contributed by atoms with van der Waals surface area (Å²) in [6.45, 7) is 2.87. The highest BCUT2D eigenvalue weighted by Crippen LogP contribution is 2.19. The Morgan fingerprint density at radius 1 is 1.04 bits per heavy atom. The standard InChI is InChI=1S/C19H20BrNO2/c20-17-8-6-15(7-9-17)14-21-12-10-18(11-13-21)23-19(22)16-4-2-1-3-5-16/h1-9,18H,10-14H2. The van der Waals surface area contributed by atoms with Gasteiger partial charge in [0.25, 0.3) is 0 Å². The fourth-order valence-electron chi connectivity index (χ4n) is 2.83. The van der Waals surface area contributed by atoms with Crippen molar-refractivity contribution in [3.05, 3.63) is 70.2 Å². The molecule has 0 bridgehead atoms. The first kappa shape index (κ1) is 16.2.